The molecule has 0 atom stereocenters. The Hall–Kier alpha value is -4.40. The monoisotopic (exact) mass is 585 g/mol. The van der Waals surface area contributed by atoms with E-state index in [9.17, 15) is 4.79 Å². The number of aromatic nitrogens is 3. The Morgan fingerprint density at radius 2 is 1.70 bits per heavy atom. The molecule has 0 bridgehead atoms. The van der Waals surface area contributed by atoms with E-state index in [1.54, 1.807) is 18.1 Å². The summed E-state index contributed by atoms with van der Waals surface area (Å²) in [5.41, 5.74) is 4.79. The van der Waals surface area contributed by atoms with Gasteiger partial charge in [-0.3, -0.25) is 4.79 Å². The van der Waals surface area contributed by atoms with Crippen molar-refractivity contribution in [3.05, 3.63) is 77.2 Å². The van der Waals surface area contributed by atoms with E-state index in [0.717, 1.165) is 28.2 Å². The molecule has 224 valence electrons. The van der Waals surface area contributed by atoms with E-state index in [1.807, 2.05) is 61.7 Å². The number of rotatable bonds is 6. The summed E-state index contributed by atoms with van der Waals surface area (Å²) >= 11 is 0. The van der Waals surface area contributed by atoms with E-state index in [2.05, 4.69) is 28.7 Å². The van der Waals surface area contributed by atoms with Gasteiger partial charge in [-0.15, -0.1) is 0 Å². The van der Waals surface area contributed by atoms with E-state index in [0.29, 0.717) is 59.6 Å². The molecule has 7 nitrogen and oxygen atoms in total. The predicted molar refractivity (Wildman–Crippen MR) is 167 cm³/mol. The number of hydrogen-bond acceptors (Lipinski definition) is 4. The van der Waals surface area contributed by atoms with Crippen LogP contribution in [-0.4, -0.2) is 58.6 Å². The summed E-state index contributed by atoms with van der Waals surface area (Å²) in [6.45, 7) is 11.9. The number of nitrogens with one attached hydrogen (secondary N) is 1. The number of ether oxygens (including phenoxy) is 1. The number of benzene rings is 3. The molecule has 1 fully saturated rings. The third kappa shape index (κ3) is 4.90. The first-order valence-electron chi connectivity index (χ1n) is 14.8. The molecule has 9 heteroatoms. The second kappa shape index (κ2) is 11.0. The van der Waals surface area contributed by atoms with Crippen LogP contribution in [0.3, 0.4) is 0 Å². The average Bonchev–Trinajstić information content (AvgIpc) is 3.59. The van der Waals surface area contributed by atoms with Crippen LogP contribution < -0.4 is 9.64 Å². The lowest BCUT2D eigenvalue weighted by atomic mass is 9.93. The van der Waals surface area contributed by atoms with Gasteiger partial charge in [0.15, 0.2) is 11.6 Å². The Bertz CT molecular complexity index is 1850. The van der Waals surface area contributed by atoms with Gasteiger partial charge in [-0.2, -0.15) is 0 Å². The number of H-pyrrole nitrogens is 1. The van der Waals surface area contributed by atoms with Crippen LogP contribution in [0.25, 0.3) is 33.1 Å². The quantitative estimate of drug-likeness (QED) is 0.225. The first-order valence-corrected chi connectivity index (χ1v) is 14.8. The smallest absolute Gasteiger partial charge is 0.270 e. The molecule has 0 aliphatic carbocycles. The maximum absolute atomic E-state index is 15.7. The van der Waals surface area contributed by atoms with Crippen LogP contribution >= 0.6 is 0 Å². The second-order valence-corrected chi connectivity index (χ2v) is 11.9. The molecular weight excluding hydrogens is 548 g/mol. The highest BCUT2D eigenvalue weighted by atomic mass is 19.1. The number of carbonyl (C=O) groups excluding carboxylic acids is 1. The number of nitrogens with zero attached hydrogens (tertiary/aromatic N) is 4. The van der Waals surface area contributed by atoms with E-state index in [1.165, 1.54) is 6.07 Å². The zero-order valence-corrected chi connectivity index (χ0v) is 25.5. The summed E-state index contributed by atoms with van der Waals surface area (Å²) in [5.74, 6) is 0.515. The molecule has 0 radical (unpaired) electrons. The molecule has 1 amide bonds. The van der Waals surface area contributed by atoms with Gasteiger partial charge in [-0.05, 0) is 68.1 Å². The number of para-hydroxylation sites is 1. The molecule has 0 saturated carbocycles. The van der Waals surface area contributed by atoms with E-state index >= 15 is 8.78 Å². The van der Waals surface area contributed by atoms with Crippen molar-refractivity contribution in [3.63, 3.8) is 0 Å². The van der Waals surface area contributed by atoms with E-state index in [-0.39, 0.29) is 29.5 Å². The lowest BCUT2D eigenvalue weighted by Gasteiger charge is -2.36. The molecule has 3 aromatic carbocycles. The Labute approximate surface area is 250 Å². The van der Waals surface area contributed by atoms with Gasteiger partial charge in [-0.25, -0.2) is 13.8 Å². The number of imidazole rings is 1. The fourth-order valence-corrected chi connectivity index (χ4v) is 6.33. The zero-order chi connectivity index (χ0) is 30.6. The van der Waals surface area contributed by atoms with Crippen LogP contribution in [-0.2, 0) is 0 Å². The molecule has 1 aliphatic rings. The lowest BCUT2D eigenvalue weighted by molar-refractivity contribution is 0.0742. The number of piperazine rings is 1. The highest BCUT2D eigenvalue weighted by Gasteiger charge is 2.27. The largest absolute Gasteiger partial charge is 0.496 e. The molecule has 0 spiro atoms. The highest BCUT2D eigenvalue weighted by molar-refractivity contribution is 6.04. The maximum atomic E-state index is 15.7. The Kier molecular flexibility index (Phi) is 7.36. The van der Waals surface area contributed by atoms with Crippen LogP contribution in [0, 0.1) is 18.6 Å². The Morgan fingerprint density at radius 1 is 0.977 bits per heavy atom. The fraction of sp³-hybridized carbons (Fsp3) is 0.353. The molecule has 2 aromatic heterocycles. The van der Waals surface area contributed by atoms with Crippen molar-refractivity contribution >= 4 is 33.5 Å². The number of carbonyl (C=O) groups is 1. The van der Waals surface area contributed by atoms with E-state index < -0.39 is 0 Å². The number of anilines is 1. The minimum Gasteiger partial charge on any atom is -0.496 e. The maximum Gasteiger partial charge on any atom is 0.270 e. The van der Waals surface area contributed by atoms with Gasteiger partial charge >= 0.3 is 0 Å². The second-order valence-electron chi connectivity index (χ2n) is 11.9. The first kappa shape index (κ1) is 28.7. The SMILES string of the molecule is COc1ccccc1-c1cc(C(C)C)c(F)c2[nH]c(C(=O)N3CCN(c4cc(F)c5nc(C)n(C(C)C)c5c4)CC3)cc12. The molecule has 3 heterocycles. The normalized spacial score (nSPS) is 14.1. The van der Waals surface area contributed by atoms with Gasteiger partial charge in [0.05, 0.1) is 18.1 Å². The van der Waals surface area contributed by atoms with Crippen LogP contribution in [0.5, 0.6) is 5.75 Å². The summed E-state index contributed by atoms with van der Waals surface area (Å²) in [4.78, 5) is 25.1. The molecule has 6 rings (SSSR count). The average molecular weight is 586 g/mol. The Morgan fingerprint density at radius 3 is 2.37 bits per heavy atom. The lowest BCUT2D eigenvalue weighted by Crippen LogP contribution is -2.48. The number of methoxy groups -OCH3 is 1. The van der Waals surface area contributed by atoms with Gasteiger partial charge in [0, 0.05) is 48.9 Å². The van der Waals surface area contributed by atoms with Crippen molar-refractivity contribution in [2.75, 3.05) is 38.2 Å². The van der Waals surface area contributed by atoms with Gasteiger partial charge in [0.1, 0.15) is 22.8 Å². The standard InChI is InChI=1S/C34H37F2N5O2/c1-19(2)24-17-25(23-9-7-8-10-30(23)43-6)26-18-28(38-32(26)31(24)36)34(42)40-13-11-39(12-14-40)22-15-27(35)33-29(16-22)41(20(3)4)21(5)37-33/h7-10,15-20,38H,11-14H2,1-6H3. The number of amides is 1. The summed E-state index contributed by atoms with van der Waals surface area (Å²) in [5, 5.41) is 0.634. The van der Waals surface area contributed by atoms with Crippen molar-refractivity contribution in [1.29, 1.82) is 0 Å². The molecular formula is C34H37F2N5O2. The number of fused-ring (bicyclic) bond motifs is 2. The highest BCUT2D eigenvalue weighted by Crippen LogP contribution is 2.39. The molecule has 1 aliphatic heterocycles. The third-order valence-electron chi connectivity index (χ3n) is 8.49. The minimum atomic E-state index is -0.347. The molecule has 1 N–H and O–H groups in total. The number of aromatic amines is 1. The van der Waals surface area contributed by atoms with Crippen molar-refractivity contribution in [3.8, 4) is 16.9 Å². The number of halogens is 2. The molecule has 5 aromatic rings. The number of aryl methyl sites for hydroxylation is 1. The van der Waals surface area contributed by atoms with Crippen LogP contribution in [0.15, 0.2) is 48.5 Å². The molecule has 43 heavy (non-hydrogen) atoms. The van der Waals surface area contributed by atoms with Gasteiger partial charge in [0.2, 0.25) is 0 Å². The van der Waals surface area contributed by atoms with Crippen LogP contribution in [0.2, 0.25) is 0 Å². The minimum absolute atomic E-state index is 0.0551. The summed E-state index contributed by atoms with van der Waals surface area (Å²) in [7, 11) is 1.61. The topological polar surface area (TPSA) is 66.4 Å². The summed E-state index contributed by atoms with van der Waals surface area (Å²) in [6.07, 6.45) is 0. The Balaban J connectivity index is 1.29. The zero-order valence-electron chi connectivity index (χ0n) is 25.5. The van der Waals surface area contributed by atoms with Crippen molar-refractivity contribution in [1.82, 2.24) is 19.4 Å². The number of hydrogen-bond donors (Lipinski definition) is 1. The van der Waals surface area contributed by atoms with Gasteiger partial charge in [0.25, 0.3) is 5.91 Å². The van der Waals surface area contributed by atoms with Crippen LogP contribution in [0.1, 0.15) is 61.5 Å². The van der Waals surface area contributed by atoms with Crippen molar-refractivity contribution in [2.24, 2.45) is 0 Å². The van der Waals surface area contributed by atoms with Crippen molar-refractivity contribution in [2.45, 2.75) is 46.6 Å². The van der Waals surface area contributed by atoms with Crippen LogP contribution in [0.4, 0.5) is 14.5 Å². The predicted octanol–water partition coefficient (Wildman–Crippen LogP) is 7.45. The van der Waals surface area contributed by atoms with Crippen molar-refractivity contribution < 1.29 is 18.3 Å². The first-order chi connectivity index (χ1) is 20.6. The van der Waals surface area contributed by atoms with E-state index in [4.69, 9.17) is 4.74 Å². The molecule has 1 saturated heterocycles. The molecule has 0 unspecified atom stereocenters. The fourth-order valence-electron chi connectivity index (χ4n) is 6.33. The summed E-state index contributed by atoms with van der Waals surface area (Å²) < 4.78 is 38.5. The summed E-state index contributed by atoms with van der Waals surface area (Å²) in [6, 6.07) is 14.9. The third-order valence-corrected chi connectivity index (χ3v) is 8.49. The van der Waals surface area contributed by atoms with Gasteiger partial charge < -0.3 is 24.1 Å². The van der Waals surface area contributed by atoms with Gasteiger partial charge in [-0.1, -0.05) is 32.0 Å².